The van der Waals surface area contributed by atoms with Gasteiger partial charge in [-0.2, -0.15) is 5.10 Å². The molecule has 0 bridgehead atoms. The van der Waals surface area contributed by atoms with Crippen LogP contribution in [0.2, 0.25) is 0 Å². The summed E-state index contributed by atoms with van der Waals surface area (Å²) in [6.45, 7) is 29.4. The molecule has 0 aliphatic rings. The number of terminal acetylenes is 1. The fraction of sp³-hybridized carbons (Fsp3) is 0.341. The summed E-state index contributed by atoms with van der Waals surface area (Å²) in [5.41, 5.74) is 12.2. The molecule has 0 amide bonds. The Bertz CT molecular complexity index is 1520. The van der Waals surface area contributed by atoms with Crippen molar-refractivity contribution < 1.29 is 4.79 Å². The normalized spacial score (nSPS) is 10.7. The van der Waals surface area contributed by atoms with Crippen molar-refractivity contribution in [2.24, 2.45) is 0 Å². The van der Waals surface area contributed by atoms with Crippen molar-refractivity contribution in [1.29, 1.82) is 0 Å². The summed E-state index contributed by atoms with van der Waals surface area (Å²) in [6.07, 6.45) is 14.9. The highest BCUT2D eigenvalue weighted by Gasteiger charge is 2.10. The minimum absolute atomic E-state index is 0.672. The Balaban J connectivity index is 0.000000962. The molecule has 3 rings (SSSR count). The lowest BCUT2D eigenvalue weighted by Crippen LogP contribution is -2.19. The molecule has 0 aliphatic heterocycles. The summed E-state index contributed by atoms with van der Waals surface area (Å²) < 4.78 is 1.96. The van der Waals surface area contributed by atoms with Gasteiger partial charge in [-0.1, -0.05) is 102 Å². The maximum atomic E-state index is 10.5. The molecule has 3 aromatic rings. The van der Waals surface area contributed by atoms with Gasteiger partial charge in [-0.15, -0.1) is 12.8 Å². The zero-order valence-corrected chi connectivity index (χ0v) is 29.5. The van der Waals surface area contributed by atoms with Crippen LogP contribution in [0.4, 0.5) is 0 Å². The van der Waals surface area contributed by atoms with E-state index in [4.69, 9.17) is 0 Å². The predicted molar refractivity (Wildman–Crippen MR) is 197 cm³/mol. The minimum Gasteiger partial charge on any atom is -0.366 e. The highest BCUT2D eigenvalue weighted by atomic mass is 16.1. The molecule has 1 N–H and O–H groups in total. The molecular weight excluding hydrogens is 550 g/mol. The van der Waals surface area contributed by atoms with Gasteiger partial charge in [0.1, 0.15) is 11.8 Å². The fourth-order valence-corrected chi connectivity index (χ4v) is 4.54. The Kier molecular flexibility index (Phi) is 19.8. The quantitative estimate of drug-likeness (QED) is 0.134. The molecule has 0 aliphatic carbocycles. The van der Waals surface area contributed by atoms with Gasteiger partial charge in [-0.3, -0.25) is 0 Å². The smallest absolute Gasteiger partial charge is 0.128 e. The molecule has 0 saturated carbocycles. The number of carbonyl (C=O) groups excluding carboxylic acids is 1. The van der Waals surface area contributed by atoms with Gasteiger partial charge < -0.3 is 5.32 Å². The van der Waals surface area contributed by atoms with Crippen LogP contribution in [0, 0.1) is 33.6 Å². The topological polar surface area (TPSA) is 46.9 Å². The molecule has 240 valence electrons. The molecule has 1 aromatic heterocycles. The SMILES string of the molecule is C#C.C=C(/C=C(/NCc1cccc(CC)c1)n1ncc(C)c1C)c1ccccc1C.C=C(CC)/C(C(C)=C=O)=C(/C)CC.CC. The van der Waals surface area contributed by atoms with E-state index in [1.165, 1.54) is 27.8 Å². The number of aryl methyl sites for hydroxylation is 3. The van der Waals surface area contributed by atoms with Crippen LogP contribution in [0.5, 0.6) is 0 Å². The van der Waals surface area contributed by atoms with Crippen molar-refractivity contribution in [2.75, 3.05) is 0 Å². The van der Waals surface area contributed by atoms with E-state index in [1.807, 2.05) is 50.6 Å². The molecule has 0 spiro atoms. The average Bonchev–Trinajstić information content (AvgIpc) is 3.42. The van der Waals surface area contributed by atoms with Crippen LogP contribution in [-0.2, 0) is 17.8 Å². The largest absolute Gasteiger partial charge is 0.366 e. The number of nitrogens with one attached hydrogen (secondary N) is 1. The van der Waals surface area contributed by atoms with E-state index in [-0.39, 0.29) is 0 Å². The number of benzene rings is 2. The van der Waals surface area contributed by atoms with Crippen molar-refractivity contribution in [3.05, 3.63) is 130 Å². The van der Waals surface area contributed by atoms with E-state index in [2.05, 4.69) is 120 Å². The average molecular weight is 606 g/mol. The van der Waals surface area contributed by atoms with Crippen molar-refractivity contribution in [1.82, 2.24) is 15.1 Å². The zero-order valence-electron chi connectivity index (χ0n) is 29.5. The standard InChI is InChI=1S/C25H29N3.C12H18O.C2H6.C2H2/c1-6-22-11-9-12-23(15-22)17-26-25(28-21(5)20(4)16-27-28)14-19(3)24-13-8-7-10-18(24)2;1-6-9(3)12(10(4)7-2)11(5)8-13;2*1-2/h7-16,26H,3,6,17H2,1-2,4-5H3;3,6-7H2,1-2,4-5H3;1-2H3;1-2H/b25-14-;12-10+;;. The van der Waals surface area contributed by atoms with E-state index >= 15 is 0 Å². The summed E-state index contributed by atoms with van der Waals surface area (Å²) in [4.78, 5) is 10.5. The van der Waals surface area contributed by atoms with Crippen LogP contribution in [0.3, 0.4) is 0 Å². The molecule has 1 heterocycles. The maximum absolute atomic E-state index is 10.5. The lowest BCUT2D eigenvalue weighted by atomic mass is 9.93. The zero-order chi connectivity index (χ0) is 34.5. The maximum Gasteiger partial charge on any atom is 0.128 e. The van der Waals surface area contributed by atoms with Crippen LogP contribution >= 0.6 is 0 Å². The molecule has 45 heavy (non-hydrogen) atoms. The van der Waals surface area contributed by atoms with E-state index in [0.717, 1.165) is 59.6 Å². The predicted octanol–water partition coefficient (Wildman–Crippen LogP) is 10.4. The van der Waals surface area contributed by atoms with Crippen LogP contribution in [-0.4, -0.2) is 15.7 Å². The number of rotatable bonds is 11. The monoisotopic (exact) mass is 605 g/mol. The number of nitrogens with zero attached hydrogens (tertiary/aromatic N) is 2. The molecular formula is C41H55N3O. The number of hydrogen-bond donors (Lipinski definition) is 1. The Morgan fingerprint density at radius 1 is 0.933 bits per heavy atom. The van der Waals surface area contributed by atoms with E-state index in [1.54, 1.807) is 6.92 Å². The van der Waals surface area contributed by atoms with E-state index in [9.17, 15) is 4.79 Å². The second-order valence-electron chi connectivity index (χ2n) is 10.4. The van der Waals surface area contributed by atoms with Crippen LogP contribution in [0.25, 0.3) is 11.4 Å². The molecule has 0 saturated heterocycles. The highest BCUT2D eigenvalue weighted by Crippen LogP contribution is 2.24. The van der Waals surface area contributed by atoms with Gasteiger partial charge in [0.25, 0.3) is 0 Å². The molecule has 4 heteroatoms. The Morgan fingerprint density at radius 2 is 1.56 bits per heavy atom. The lowest BCUT2D eigenvalue weighted by molar-refractivity contribution is 0.567. The Morgan fingerprint density at radius 3 is 2.07 bits per heavy atom. The number of hydrogen-bond acceptors (Lipinski definition) is 3. The van der Waals surface area contributed by atoms with Crippen molar-refractivity contribution in [3.63, 3.8) is 0 Å². The first-order valence-electron chi connectivity index (χ1n) is 15.8. The summed E-state index contributed by atoms with van der Waals surface area (Å²) in [5, 5.41) is 8.15. The van der Waals surface area contributed by atoms with Gasteiger partial charge >= 0.3 is 0 Å². The van der Waals surface area contributed by atoms with Gasteiger partial charge in [-0.05, 0) is 104 Å². The highest BCUT2D eigenvalue weighted by molar-refractivity contribution is 5.79. The Labute approximate surface area is 274 Å². The summed E-state index contributed by atoms with van der Waals surface area (Å²) in [5.74, 6) is 2.87. The summed E-state index contributed by atoms with van der Waals surface area (Å²) in [7, 11) is 0. The van der Waals surface area contributed by atoms with E-state index < -0.39 is 0 Å². The van der Waals surface area contributed by atoms with Gasteiger partial charge in [0, 0.05) is 17.8 Å². The minimum atomic E-state index is 0.672. The second-order valence-corrected chi connectivity index (χ2v) is 10.4. The number of allylic oxidation sites excluding steroid dienone is 6. The molecule has 0 unspecified atom stereocenters. The first-order chi connectivity index (χ1) is 21.6. The van der Waals surface area contributed by atoms with Gasteiger partial charge in [0.2, 0.25) is 0 Å². The summed E-state index contributed by atoms with van der Waals surface area (Å²) in [6, 6.07) is 17.0. The van der Waals surface area contributed by atoms with Crippen LogP contribution in [0.1, 0.15) is 94.8 Å². The third-order valence-corrected chi connectivity index (χ3v) is 7.42. The van der Waals surface area contributed by atoms with Crippen molar-refractivity contribution in [2.45, 2.75) is 95.0 Å². The fourth-order valence-electron chi connectivity index (χ4n) is 4.54. The molecule has 0 atom stereocenters. The summed E-state index contributed by atoms with van der Waals surface area (Å²) >= 11 is 0. The van der Waals surface area contributed by atoms with Crippen LogP contribution < -0.4 is 5.32 Å². The third kappa shape index (κ3) is 12.5. The van der Waals surface area contributed by atoms with Crippen molar-refractivity contribution >= 4 is 17.3 Å². The van der Waals surface area contributed by atoms with Gasteiger partial charge in [0.15, 0.2) is 0 Å². The van der Waals surface area contributed by atoms with Gasteiger partial charge in [0.05, 0.1) is 6.20 Å². The second kappa shape index (κ2) is 22.0. The van der Waals surface area contributed by atoms with Gasteiger partial charge in [-0.25, -0.2) is 9.48 Å². The van der Waals surface area contributed by atoms with E-state index in [0.29, 0.717) is 5.57 Å². The van der Waals surface area contributed by atoms with Crippen LogP contribution in [0.15, 0.2) is 96.3 Å². The molecule has 4 nitrogen and oxygen atoms in total. The van der Waals surface area contributed by atoms with Crippen molar-refractivity contribution in [3.8, 4) is 12.8 Å². The first kappa shape index (κ1) is 40.4. The number of aromatic nitrogens is 2. The third-order valence-electron chi connectivity index (χ3n) is 7.42. The molecule has 0 radical (unpaired) electrons. The Hall–Kier alpha value is -4.58. The molecule has 2 aromatic carbocycles. The molecule has 0 fully saturated rings. The first-order valence-corrected chi connectivity index (χ1v) is 15.8. The lowest BCUT2D eigenvalue weighted by Gasteiger charge is -2.15.